The topological polar surface area (TPSA) is 101 Å². The molecule has 1 unspecified atom stereocenters. The molecule has 2 aromatic carbocycles. The molecule has 4 rings (SSSR count). The average molecular weight is 521 g/mol. The Bertz CT molecular complexity index is 1210. The maximum Gasteiger partial charge on any atom is 0.229 e. The molecule has 0 radical (unpaired) electrons. The van der Waals surface area contributed by atoms with Crippen LogP contribution < -0.4 is 34.6 Å². The van der Waals surface area contributed by atoms with Crippen molar-refractivity contribution in [1.29, 1.82) is 0 Å². The fourth-order valence-corrected chi connectivity index (χ4v) is 4.51. The van der Waals surface area contributed by atoms with Crippen molar-refractivity contribution < 1.29 is 19.0 Å². The quantitative estimate of drug-likeness (QED) is 0.413. The zero-order valence-electron chi connectivity index (χ0n) is 22.7. The minimum atomic E-state index is -0.105. The van der Waals surface area contributed by atoms with Gasteiger partial charge in [-0.1, -0.05) is 12.1 Å². The van der Waals surface area contributed by atoms with Gasteiger partial charge in [0.25, 0.3) is 0 Å². The molecule has 1 fully saturated rings. The number of aromatic nitrogens is 2. The lowest BCUT2D eigenvalue weighted by Gasteiger charge is -2.33. The van der Waals surface area contributed by atoms with Crippen molar-refractivity contribution in [1.82, 2.24) is 15.3 Å². The van der Waals surface area contributed by atoms with Crippen LogP contribution >= 0.6 is 0 Å². The predicted molar refractivity (Wildman–Crippen MR) is 149 cm³/mol. The minimum absolute atomic E-state index is 0.0659. The van der Waals surface area contributed by atoms with Crippen molar-refractivity contribution in [3.8, 4) is 17.2 Å². The van der Waals surface area contributed by atoms with Crippen LogP contribution in [0.3, 0.4) is 0 Å². The van der Waals surface area contributed by atoms with Crippen LogP contribution in [0.4, 0.5) is 23.1 Å². The molecule has 38 heavy (non-hydrogen) atoms. The summed E-state index contributed by atoms with van der Waals surface area (Å²) in [5.74, 6) is 2.74. The van der Waals surface area contributed by atoms with E-state index in [1.807, 2.05) is 32.3 Å². The largest absolute Gasteiger partial charge is 0.493 e. The van der Waals surface area contributed by atoms with E-state index >= 15 is 0 Å². The highest BCUT2D eigenvalue weighted by molar-refractivity contribution is 5.79. The fraction of sp³-hybridized carbons (Fsp3) is 0.393. The molecular weight excluding hydrogens is 484 g/mol. The van der Waals surface area contributed by atoms with Gasteiger partial charge in [0.15, 0.2) is 11.5 Å². The van der Waals surface area contributed by atoms with Gasteiger partial charge < -0.3 is 34.6 Å². The van der Waals surface area contributed by atoms with Crippen LogP contribution in [0.25, 0.3) is 0 Å². The number of carbonyl (C=O) groups is 1. The first kappa shape index (κ1) is 26.8. The zero-order valence-corrected chi connectivity index (χ0v) is 22.7. The second-order valence-electron chi connectivity index (χ2n) is 9.34. The van der Waals surface area contributed by atoms with Crippen LogP contribution in [0.1, 0.15) is 18.4 Å². The average Bonchev–Trinajstić information content (AvgIpc) is 2.95. The van der Waals surface area contributed by atoms with Gasteiger partial charge in [-0.25, -0.2) is 4.98 Å². The summed E-state index contributed by atoms with van der Waals surface area (Å²) in [6, 6.07) is 13.7. The smallest absolute Gasteiger partial charge is 0.229 e. The Balaban J connectivity index is 1.40. The van der Waals surface area contributed by atoms with Gasteiger partial charge in [-0.05, 0) is 36.6 Å². The van der Waals surface area contributed by atoms with Crippen molar-refractivity contribution in [2.45, 2.75) is 19.4 Å². The van der Waals surface area contributed by atoms with Gasteiger partial charge in [-0.15, -0.1) is 0 Å². The number of nitrogens with zero attached hydrogens (tertiary/aromatic N) is 4. The van der Waals surface area contributed by atoms with Gasteiger partial charge in [0, 0.05) is 63.4 Å². The molecule has 2 N–H and O–H groups in total. The van der Waals surface area contributed by atoms with Gasteiger partial charge in [0.05, 0.1) is 27.2 Å². The lowest BCUT2D eigenvalue weighted by atomic mass is 9.97. The molecule has 10 nitrogen and oxygen atoms in total. The number of ether oxygens (including phenoxy) is 3. The highest BCUT2D eigenvalue weighted by Gasteiger charge is 2.26. The molecule has 10 heteroatoms. The molecular formula is C28H36N6O4. The predicted octanol–water partition coefficient (Wildman–Crippen LogP) is 3.84. The van der Waals surface area contributed by atoms with Crippen LogP contribution in [-0.4, -0.2) is 64.4 Å². The van der Waals surface area contributed by atoms with E-state index in [-0.39, 0.29) is 11.8 Å². The van der Waals surface area contributed by atoms with E-state index in [4.69, 9.17) is 19.2 Å². The first-order valence-corrected chi connectivity index (χ1v) is 12.6. The molecule has 0 bridgehead atoms. The highest BCUT2D eigenvalue weighted by atomic mass is 16.5. The third-order valence-electron chi connectivity index (χ3n) is 6.60. The van der Waals surface area contributed by atoms with Crippen LogP contribution in [0.2, 0.25) is 0 Å². The Morgan fingerprint density at radius 3 is 2.39 bits per heavy atom. The number of carbonyl (C=O) groups excluding carboxylic acids is 1. The number of piperidine rings is 1. The Morgan fingerprint density at radius 2 is 1.76 bits per heavy atom. The van der Waals surface area contributed by atoms with E-state index in [2.05, 4.69) is 37.6 Å². The fourth-order valence-electron chi connectivity index (χ4n) is 4.51. The summed E-state index contributed by atoms with van der Waals surface area (Å²) in [5, 5.41) is 6.33. The van der Waals surface area contributed by atoms with Crippen LogP contribution in [0.15, 0.2) is 48.7 Å². The van der Waals surface area contributed by atoms with E-state index in [1.54, 1.807) is 39.7 Å². The molecule has 2 heterocycles. The number of rotatable bonds is 10. The molecule has 1 aliphatic rings. The first-order chi connectivity index (χ1) is 18.4. The maximum absolute atomic E-state index is 13.0. The Morgan fingerprint density at radius 1 is 1.05 bits per heavy atom. The third kappa shape index (κ3) is 6.37. The lowest BCUT2D eigenvalue weighted by Crippen LogP contribution is -2.43. The number of nitrogens with one attached hydrogen (secondary N) is 2. The molecule has 1 aliphatic heterocycles. The summed E-state index contributed by atoms with van der Waals surface area (Å²) in [4.78, 5) is 26.3. The molecule has 0 aliphatic carbocycles. The molecule has 202 valence electrons. The first-order valence-electron chi connectivity index (χ1n) is 12.6. The lowest BCUT2D eigenvalue weighted by molar-refractivity contribution is -0.125. The van der Waals surface area contributed by atoms with Gasteiger partial charge in [0.2, 0.25) is 17.6 Å². The molecule has 1 saturated heterocycles. The highest BCUT2D eigenvalue weighted by Crippen LogP contribution is 2.40. The van der Waals surface area contributed by atoms with Crippen molar-refractivity contribution >= 4 is 29.0 Å². The number of benzene rings is 2. The second-order valence-corrected chi connectivity index (χ2v) is 9.34. The summed E-state index contributed by atoms with van der Waals surface area (Å²) >= 11 is 0. The number of hydrogen-bond acceptors (Lipinski definition) is 9. The molecule has 1 atom stereocenters. The maximum atomic E-state index is 13.0. The van der Waals surface area contributed by atoms with Gasteiger partial charge in [-0.3, -0.25) is 4.79 Å². The van der Waals surface area contributed by atoms with Gasteiger partial charge in [-0.2, -0.15) is 4.98 Å². The monoisotopic (exact) mass is 520 g/mol. The zero-order chi connectivity index (χ0) is 27.1. The van der Waals surface area contributed by atoms with Crippen molar-refractivity contribution in [2.24, 2.45) is 5.92 Å². The second kappa shape index (κ2) is 12.4. The van der Waals surface area contributed by atoms with Crippen LogP contribution in [0, 0.1) is 5.92 Å². The van der Waals surface area contributed by atoms with E-state index < -0.39 is 0 Å². The Hall–Kier alpha value is -4.21. The molecule has 1 aromatic heterocycles. The minimum Gasteiger partial charge on any atom is -0.493 e. The van der Waals surface area contributed by atoms with E-state index in [0.29, 0.717) is 42.0 Å². The van der Waals surface area contributed by atoms with Crippen molar-refractivity contribution in [3.63, 3.8) is 0 Å². The number of hydrogen-bond donors (Lipinski definition) is 2. The van der Waals surface area contributed by atoms with Crippen LogP contribution in [0.5, 0.6) is 17.2 Å². The summed E-state index contributed by atoms with van der Waals surface area (Å²) in [6.07, 6.45) is 3.47. The Labute approximate surface area is 223 Å². The van der Waals surface area contributed by atoms with Crippen molar-refractivity contribution in [3.05, 3.63) is 54.2 Å². The molecule has 3 aromatic rings. The van der Waals surface area contributed by atoms with Crippen LogP contribution in [-0.2, 0) is 11.3 Å². The van der Waals surface area contributed by atoms with E-state index in [9.17, 15) is 4.79 Å². The van der Waals surface area contributed by atoms with Gasteiger partial charge >= 0.3 is 0 Å². The molecule has 0 saturated carbocycles. The Kier molecular flexibility index (Phi) is 8.73. The summed E-state index contributed by atoms with van der Waals surface area (Å²) in [7, 11) is 8.73. The normalized spacial score (nSPS) is 15.0. The van der Waals surface area contributed by atoms with Crippen molar-refractivity contribution in [2.75, 3.05) is 63.6 Å². The van der Waals surface area contributed by atoms with E-state index in [1.165, 1.54) is 0 Å². The number of methoxy groups -OCH3 is 3. The number of anilines is 4. The summed E-state index contributed by atoms with van der Waals surface area (Å²) < 4.78 is 16.3. The molecule has 0 spiro atoms. The molecule has 1 amide bonds. The standard InChI is InChI=1S/C28H36N6O4/c1-33(2)22-10-8-19(9-11-22)17-30-27(35)20-7-6-14-34(18-20)25-12-13-29-28(32-25)31-21-15-23(36-3)26(38-5)24(16-21)37-4/h8-13,15-16,20H,6-7,14,17-18H2,1-5H3,(H,30,35)(H,29,31,32). The number of amides is 1. The van der Waals surface area contributed by atoms with Gasteiger partial charge in [0.1, 0.15) is 5.82 Å². The van der Waals surface area contributed by atoms with E-state index in [0.717, 1.165) is 36.5 Å². The SMILES string of the molecule is COc1cc(Nc2nccc(N3CCCC(C(=O)NCc4ccc(N(C)C)cc4)C3)n2)cc(OC)c1OC. The summed E-state index contributed by atoms with van der Waals surface area (Å²) in [5.41, 5.74) is 2.91. The summed E-state index contributed by atoms with van der Waals surface area (Å²) in [6.45, 7) is 1.95. The third-order valence-corrected chi connectivity index (χ3v) is 6.60.